The molecule has 2 heteroatoms. The van der Waals surface area contributed by atoms with Crippen molar-refractivity contribution in [1.29, 1.82) is 0 Å². The molecule has 2 unspecified atom stereocenters. The van der Waals surface area contributed by atoms with Gasteiger partial charge in [-0.3, -0.25) is 0 Å². The first-order valence-electron chi connectivity index (χ1n) is 5.25. The average Bonchev–Trinajstić information content (AvgIpc) is 2.89. The minimum atomic E-state index is 0.392. The summed E-state index contributed by atoms with van der Waals surface area (Å²) in [5.41, 5.74) is 0. The Kier molecular flexibility index (Phi) is 2.66. The number of hydrogen-bond donors (Lipinski definition) is 2. The number of aliphatic hydroxyl groups excluding tert-OH is 1. The Bertz CT molecular complexity index is 145. The summed E-state index contributed by atoms with van der Waals surface area (Å²) in [6, 6.07) is 1.54. The molecule has 0 saturated heterocycles. The third kappa shape index (κ3) is 2.20. The summed E-state index contributed by atoms with van der Waals surface area (Å²) in [6.07, 6.45) is 7.82. The highest BCUT2D eigenvalue weighted by Crippen LogP contribution is 2.27. The maximum Gasteiger partial charge on any atom is 0.0459 e. The van der Waals surface area contributed by atoms with Crippen LogP contribution in [0.3, 0.4) is 0 Å². The third-order valence-electron chi connectivity index (χ3n) is 3.09. The van der Waals surface area contributed by atoms with Gasteiger partial charge >= 0.3 is 0 Å². The van der Waals surface area contributed by atoms with Gasteiger partial charge in [0.1, 0.15) is 0 Å². The van der Waals surface area contributed by atoms with Crippen molar-refractivity contribution in [3.8, 4) is 0 Å². The molecular weight excluding hydrogens is 150 g/mol. The predicted octanol–water partition coefficient (Wildman–Crippen LogP) is 1.29. The maximum atomic E-state index is 9.03. The van der Waals surface area contributed by atoms with Gasteiger partial charge in [0.05, 0.1) is 0 Å². The molecule has 2 N–H and O–H groups in total. The van der Waals surface area contributed by atoms with E-state index in [0.29, 0.717) is 18.6 Å². The Hall–Kier alpha value is -0.0800. The van der Waals surface area contributed by atoms with E-state index in [9.17, 15) is 0 Å². The molecule has 0 aromatic carbocycles. The monoisotopic (exact) mass is 169 g/mol. The summed E-state index contributed by atoms with van der Waals surface area (Å²) in [7, 11) is 0. The quantitative estimate of drug-likeness (QED) is 0.667. The number of hydrogen-bond acceptors (Lipinski definition) is 2. The number of aliphatic hydroxyl groups is 1. The van der Waals surface area contributed by atoms with Crippen molar-refractivity contribution in [3.05, 3.63) is 0 Å². The van der Waals surface area contributed by atoms with E-state index in [1.54, 1.807) is 0 Å². The zero-order valence-corrected chi connectivity index (χ0v) is 7.63. The Labute approximate surface area is 74.4 Å². The Morgan fingerprint density at radius 2 is 1.92 bits per heavy atom. The highest BCUT2D eigenvalue weighted by molar-refractivity contribution is 4.87. The van der Waals surface area contributed by atoms with Gasteiger partial charge in [-0.1, -0.05) is 6.42 Å². The standard InChI is InChI=1S/C10H19NO/c12-7-8-2-1-3-10(6-8)11-9-4-5-9/h8-12H,1-7H2. The molecule has 2 fully saturated rings. The molecule has 2 saturated carbocycles. The van der Waals surface area contributed by atoms with E-state index in [-0.39, 0.29) is 0 Å². The van der Waals surface area contributed by atoms with Gasteiger partial charge in [-0.05, 0) is 38.0 Å². The van der Waals surface area contributed by atoms with Gasteiger partial charge < -0.3 is 10.4 Å². The lowest BCUT2D eigenvalue weighted by atomic mass is 9.86. The van der Waals surface area contributed by atoms with Crippen LogP contribution in [0.2, 0.25) is 0 Å². The zero-order chi connectivity index (χ0) is 8.39. The topological polar surface area (TPSA) is 32.3 Å². The van der Waals surface area contributed by atoms with Gasteiger partial charge in [0.15, 0.2) is 0 Å². The molecule has 0 aliphatic heterocycles. The summed E-state index contributed by atoms with van der Waals surface area (Å²) in [5, 5.41) is 12.7. The second-order valence-corrected chi connectivity index (χ2v) is 4.35. The smallest absolute Gasteiger partial charge is 0.0459 e. The van der Waals surface area contributed by atoms with Gasteiger partial charge in [-0.15, -0.1) is 0 Å². The largest absolute Gasteiger partial charge is 0.396 e. The van der Waals surface area contributed by atoms with Gasteiger partial charge in [-0.25, -0.2) is 0 Å². The van der Waals surface area contributed by atoms with E-state index < -0.39 is 0 Å². The molecule has 0 aromatic heterocycles. The van der Waals surface area contributed by atoms with Gasteiger partial charge in [0.2, 0.25) is 0 Å². The van der Waals surface area contributed by atoms with Crippen LogP contribution < -0.4 is 5.32 Å². The highest BCUT2D eigenvalue weighted by Gasteiger charge is 2.27. The minimum Gasteiger partial charge on any atom is -0.396 e. The number of nitrogens with one attached hydrogen (secondary N) is 1. The molecular formula is C10H19NO. The van der Waals surface area contributed by atoms with Crippen molar-refractivity contribution in [2.75, 3.05) is 6.61 Å². The van der Waals surface area contributed by atoms with Gasteiger partial charge in [-0.2, -0.15) is 0 Å². The molecule has 2 aliphatic rings. The molecule has 2 atom stereocenters. The summed E-state index contributed by atoms with van der Waals surface area (Å²) in [4.78, 5) is 0. The summed E-state index contributed by atoms with van der Waals surface area (Å²) in [5.74, 6) is 0.579. The minimum absolute atomic E-state index is 0.392. The lowest BCUT2D eigenvalue weighted by Crippen LogP contribution is -2.36. The molecule has 0 amide bonds. The fourth-order valence-electron chi connectivity index (χ4n) is 2.19. The van der Waals surface area contributed by atoms with E-state index in [0.717, 1.165) is 6.04 Å². The molecule has 2 rings (SSSR count). The van der Waals surface area contributed by atoms with E-state index in [1.165, 1.54) is 38.5 Å². The van der Waals surface area contributed by atoms with Crippen LogP contribution in [0.25, 0.3) is 0 Å². The van der Waals surface area contributed by atoms with Crippen molar-refractivity contribution in [2.45, 2.75) is 50.6 Å². The average molecular weight is 169 g/mol. The van der Waals surface area contributed by atoms with E-state index >= 15 is 0 Å². The lowest BCUT2D eigenvalue weighted by molar-refractivity contribution is 0.170. The molecule has 0 spiro atoms. The van der Waals surface area contributed by atoms with Crippen molar-refractivity contribution < 1.29 is 5.11 Å². The number of rotatable bonds is 3. The fraction of sp³-hybridized carbons (Fsp3) is 1.00. The van der Waals surface area contributed by atoms with Crippen molar-refractivity contribution in [3.63, 3.8) is 0 Å². The molecule has 0 heterocycles. The first-order valence-corrected chi connectivity index (χ1v) is 5.25. The zero-order valence-electron chi connectivity index (χ0n) is 7.63. The highest BCUT2D eigenvalue weighted by atomic mass is 16.3. The van der Waals surface area contributed by atoms with Crippen LogP contribution in [-0.2, 0) is 0 Å². The van der Waals surface area contributed by atoms with Crippen LogP contribution >= 0.6 is 0 Å². The van der Waals surface area contributed by atoms with Crippen LogP contribution in [0.1, 0.15) is 38.5 Å². The molecule has 70 valence electrons. The van der Waals surface area contributed by atoms with Crippen LogP contribution in [0.15, 0.2) is 0 Å². The first kappa shape index (κ1) is 8.52. The van der Waals surface area contributed by atoms with Crippen LogP contribution in [0.4, 0.5) is 0 Å². The van der Waals surface area contributed by atoms with Crippen molar-refractivity contribution in [2.24, 2.45) is 5.92 Å². The van der Waals surface area contributed by atoms with Crippen molar-refractivity contribution >= 4 is 0 Å². The van der Waals surface area contributed by atoms with E-state index in [4.69, 9.17) is 5.11 Å². The molecule has 12 heavy (non-hydrogen) atoms. The summed E-state index contributed by atoms with van der Waals surface area (Å²) >= 11 is 0. The molecule has 0 radical (unpaired) electrons. The SMILES string of the molecule is OCC1CCCC(NC2CC2)C1. The molecule has 0 bridgehead atoms. The second-order valence-electron chi connectivity index (χ2n) is 4.35. The van der Waals surface area contributed by atoms with Crippen molar-refractivity contribution in [1.82, 2.24) is 5.32 Å². The maximum absolute atomic E-state index is 9.03. The summed E-state index contributed by atoms with van der Waals surface area (Å²) in [6.45, 7) is 0.392. The van der Waals surface area contributed by atoms with Gasteiger partial charge in [0.25, 0.3) is 0 Å². The first-order chi connectivity index (χ1) is 5.88. The van der Waals surface area contributed by atoms with E-state index in [2.05, 4.69) is 5.32 Å². The third-order valence-corrected chi connectivity index (χ3v) is 3.09. The Morgan fingerprint density at radius 1 is 1.08 bits per heavy atom. The Morgan fingerprint density at radius 3 is 2.58 bits per heavy atom. The predicted molar refractivity (Wildman–Crippen MR) is 49.0 cm³/mol. The summed E-state index contributed by atoms with van der Waals surface area (Å²) < 4.78 is 0. The molecule has 2 nitrogen and oxygen atoms in total. The second kappa shape index (κ2) is 3.75. The van der Waals surface area contributed by atoms with Gasteiger partial charge in [0, 0.05) is 18.7 Å². The van der Waals surface area contributed by atoms with Crippen LogP contribution in [0, 0.1) is 5.92 Å². The van der Waals surface area contributed by atoms with Crippen LogP contribution in [-0.4, -0.2) is 23.8 Å². The van der Waals surface area contributed by atoms with E-state index in [1.807, 2.05) is 0 Å². The molecule has 2 aliphatic carbocycles. The molecule has 0 aromatic rings. The van der Waals surface area contributed by atoms with Crippen LogP contribution in [0.5, 0.6) is 0 Å². The fourth-order valence-corrected chi connectivity index (χ4v) is 2.19. The lowest BCUT2D eigenvalue weighted by Gasteiger charge is -2.28. The Balaban J connectivity index is 1.73. The normalized spacial score (nSPS) is 36.8.